The van der Waals surface area contributed by atoms with E-state index < -0.39 is 15.9 Å². The van der Waals surface area contributed by atoms with E-state index in [-0.39, 0.29) is 18.0 Å². The zero-order chi connectivity index (χ0) is 21.7. The van der Waals surface area contributed by atoms with E-state index in [0.717, 1.165) is 15.4 Å². The van der Waals surface area contributed by atoms with Crippen molar-refractivity contribution < 1.29 is 13.2 Å². The van der Waals surface area contributed by atoms with E-state index in [1.165, 1.54) is 0 Å². The van der Waals surface area contributed by atoms with Crippen LogP contribution in [0.5, 0.6) is 0 Å². The Balaban J connectivity index is 1.85. The van der Waals surface area contributed by atoms with Crippen LogP contribution in [0.15, 0.2) is 82.2 Å². The molecular weight excluding hydrogens is 488 g/mol. The Labute approximate surface area is 189 Å². The summed E-state index contributed by atoms with van der Waals surface area (Å²) >= 11 is 9.24. The van der Waals surface area contributed by atoms with Crippen LogP contribution >= 0.6 is 27.5 Å². The lowest BCUT2D eigenvalue weighted by Crippen LogP contribution is -2.40. The molecule has 0 aliphatic carbocycles. The monoisotopic (exact) mass is 506 g/mol. The van der Waals surface area contributed by atoms with Gasteiger partial charge in [-0.3, -0.25) is 9.10 Å². The first-order valence-corrected chi connectivity index (χ1v) is 11.7. The number of nitrogens with one attached hydrogen (secondary N) is 1. The van der Waals surface area contributed by atoms with Crippen LogP contribution in [0.1, 0.15) is 11.1 Å². The highest BCUT2D eigenvalue weighted by atomic mass is 79.9. The van der Waals surface area contributed by atoms with Crippen LogP contribution in [-0.4, -0.2) is 20.9 Å². The average Bonchev–Trinajstić information content (AvgIpc) is 2.72. The van der Waals surface area contributed by atoms with Gasteiger partial charge in [0, 0.05) is 16.0 Å². The third-order valence-electron chi connectivity index (χ3n) is 4.40. The molecule has 1 N–H and O–H groups in total. The number of sulfonamides is 1. The Morgan fingerprint density at radius 3 is 2.33 bits per heavy atom. The molecular formula is C22H20BrClN2O3S. The predicted octanol–water partition coefficient (Wildman–Crippen LogP) is 4.92. The Hall–Kier alpha value is -2.35. The lowest BCUT2D eigenvalue weighted by molar-refractivity contribution is -0.119. The van der Waals surface area contributed by atoms with Crippen LogP contribution < -0.4 is 9.62 Å². The van der Waals surface area contributed by atoms with Crippen LogP contribution in [0.25, 0.3) is 0 Å². The van der Waals surface area contributed by atoms with Gasteiger partial charge in [0.1, 0.15) is 6.54 Å². The highest BCUT2D eigenvalue weighted by Gasteiger charge is 2.27. The highest BCUT2D eigenvalue weighted by molar-refractivity contribution is 9.10. The zero-order valence-corrected chi connectivity index (χ0v) is 19.3. The molecule has 30 heavy (non-hydrogen) atoms. The first-order chi connectivity index (χ1) is 14.3. The Kier molecular flexibility index (Phi) is 7.18. The second-order valence-corrected chi connectivity index (χ2v) is 9.92. The number of hydrogen-bond donors (Lipinski definition) is 1. The van der Waals surface area contributed by atoms with Gasteiger partial charge in [0.15, 0.2) is 0 Å². The third-order valence-corrected chi connectivity index (χ3v) is 6.93. The number of benzene rings is 3. The maximum Gasteiger partial charge on any atom is 0.264 e. The molecule has 0 bridgehead atoms. The third kappa shape index (κ3) is 5.62. The number of anilines is 1. The molecule has 156 valence electrons. The zero-order valence-electron chi connectivity index (χ0n) is 16.2. The van der Waals surface area contributed by atoms with Crippen molar-refractivity contribution in [3.63, 3.8) is 0 Å². The predicted molar refractivity (Wildman–Crippen MR) is 123 cm³/mol. The maximum atomic E-state index is 13.3. The number of amides is 1. The van der Waals surface area contributed by atoms with Crippen molar-refractivity contribution >= 4 is 49.1 Å². The van der Waals surface area contributed by atoms with Crippen molar-refractivity contribution in [2.24, 2.45) is 0 Å². The molecule has 3 aromatic rings. The quantitative estimate of drug-likeness (QED) is 0.493. The van der Waals surface area contributed by atoms with E-state index in [4.69, 9.17) is 11.6 Å². The largest absolute Gasteiger partial charge is 0.350 e. The van der Waals surface area contributed by atoms with Crippen LogP contribution in [0.2, 0.25) is 5.02 Å². The SMILES string of the molecule is Cc1ccc(S(=O)(=O)N(CC(=O)NCc2ccc(Cl)cc2)c2cccc(Br)c2)cc1. The van der Waals surface area contributed by atoms with Crippen molar-refractivity contribution in [2.75, 3.05) is 10.8 Å². The van der Waals surface area contributed by atoms with E-state index in [1.807, 2.05) is 6.92 Å². The molecule has 0 fully saturated rings. The molecule has 0 aliphatic heterocycles. The summed E-state index contributed by atoms with van der Waals surface area (Å²) in [6.07, 6.45) is 0. The molecule has 0 spiro atoms. The fourth-order valence-corrected chi connectivity index (χ4v) is 4.70. The molecule has 8 heteroatoms. The van der Waals surface area contributed by atoms with Gasteiger partial charge in [-0.25, -0.2) is 8.42 Å². The lowest BCUT2D eigenvalue weighted by Gasteiger charge is -2.24. The summed E-state index contributed by atoms with van der Waals surface area (Å²) in [5, 5.41) is 3.37. The van der Waals surface area contributed by atoms with Gasteiger partial charge in [0.2, 0.25) is 5.91 Å². The maximum absolute atomic E-state index is 13.3. The summed E-state index contributed by atoms with van der Waals surface area (Å²) in [6.45, 7) is 1.81. The molecule has 0 aromatic heterocycles. The number of rotatable bonds is 7. The van der Waals surface area contributed by atoms with Crippen molar-refractivity contribution in [3.05, 3.63) is 93.4 Å². The standard InChI is InChI=1S/C22H20BrClN2O3S/c1-16-5-11-21(12-6-16)30(28,29)26(20-4-2-3-18(23)13-20)15-22(27)25-14-17-7-9-19(24)10-8-17/h2-13H,14-15H2,1H3,(H,25,27). The van der Waals surface area contributed by atoms with Crippen LogP contribution in [-0.2, 0) is 21.4 Å². The molecule has 0 aliphatic rings. The Bertz CT molecular complexity index is 1130. The number of halogens is 2. The van der Waals surface area contributed by atoms with Crippen molar-refractivity contribution in [1.82, 2.24) is 5.32 Å². The Morgan fingerprint density at radius 2 is 1.70 bits per heavy atom. The van der Waals surface area contributed by atoms with E-state index >= 15 is 0 Å². The highest BCUT2D eigenvalue weighted by Crippen LogP contribution is 2.26. The molecule has 1 amide bonds. The number of aryl methyl sites for hydroxylation is 1. The van der Waals surface area contributed by atoms with Crippen molar-refractivity contribution in [2.45, 2.75) is 18.4 Å². The molecule has 0 heterocycles. The van der Waals surface area contributed by atoms with Crippen molar-refractivity contribution in [1.29, 1.82) is 0 Å². The molecule has 3 aromatic carbocycles. The summed E-state index contributed by atoms with van der Waals surface area (Å²) in [5.74, 6) is -0.416. The molecule has 0 saturated carbocycles. The van der Waals surface area contributed by atoms with Gasteiger partial charge in [0.25, 0.3) is 10.0 Å². The van der Waals surface area contributed by atoms with Crippen LogP contribution in [0.4, 0.5) is 5.69 Å². The molecule has 0 atom stereocenters. The van der Waals surface area contributed by atoms with Gasteiger partial charge in [0.05, 0.1) is 10.6 Å². The summed E-state index contributed by atoms with van der Waals surface area (Å²) < 4.78 is 28.5. The lowest BCUT2D eigenvalue weighted by atomic mass is 10.2. The van der Waals surface area contributed by atoms with Crippen molar-refractivity contribution in [3.8, 4) is 0 Å². The molecule has 0 radical (unpaired) electrons. The van der Waals surface area contributed by atoms with Gasteiger partial charge < -0.3 is 5.32 Å². The topological polar surface area (TPSA) is 66.5 Å². The molecule has 3 rings (SSSR count). The number of hydrogen-bond acceptors (Lipinski definition) is 3. The number of carbonyl (C=O) groups excluding carboxylic acids is 1. The van der Waals surface area contributed by atoms with Gasteiger partial charge >= 0.3 is 0 Å². The number of carbonyl (C=O) groups is 1. The molecule has 0 saturated heterocycles. The second kappa shape index (κ2) is 9.64. The van der Waals surface area contributed by atoms with Gasteiger partial charge in [-0.2, -0.15) is 0 Å². The van der Waals surface area contributed by atoms with Gasteiger partial charge in [-0.15, -0.1) is 0 Å². The van der Waals surface area contributed by atoms with Gasteiger partial charge in [-0.05, 0) is 55.0 Å². The first-order valence-electron chi connectivity index (χ1n) is 9.12. The fourth-order valence-electron chi connectivity index (χ4n) is 2.77. The van der Waals surface area contributed by atoms with Crippen LogP contribution in [0.3, 0.4) is 0 Å². The Morgan fingerprint density at radius 1 is 1.03 bits per heavy atom. The summed E-state index contributed by atoms with van der Waals surface area (Å²) in [5.41, 5.74) is 2.21. The van der Waals surface area contributed by atoms with Crippen LogP contribution in [0, 0.1) is 6.92 Å². The molecule has 5 nitrogen and oxygen atoms in total. The first kappa shape index (κ1) is 22.3. The summed E-state index contributed by atoms with van der Waals surface area (Å²) in [7, 11) is -3.94. The fraction of sp³-hybridized carbons (Fsp3) is 0.136. The van der Waals surface area contributed by atoms with E-state index in [1.54, 1.807) is 72.8 Å². The molecule has 0 unspecified atom stereocenters. The minimum absolute atomic E-state index is 0.124. The normalized spacial score (nSPS) is 11.2. The van der Waals surface area contributed by atoms with Gasteiger partial charge in [-0.1, -0.05) is 63.4 Å². The van der Waals surface area contributed by atoms with E-state index in [9.17, 15) is 13.2 Å². The van der Waals surface area contributed by atoms with E-state index in [2.05, 4.69) is 21.2 Å². The minimum atomic E-state index is -3.94. The number of nitrogens with zero attached hydrogens (tertiary/aromatic N) is 1. The summed E-state index contributed by atoms with van der Waals surface area (Å²) in [4.78, 5) is 12.8. The minimum Gasteiger partial charge on any atom is -0.350 e. The summed E-state index contributed by atoms with van der Waals surface area (Å²) in [6, 6.07) is 20.5. The average molecular weight is 508 g/mol. The smallest absolute Gasteiger partial charge is 0.264 e. The second-order valence-electron chi connectivity index (χ2n) is 6.71. The van der Waals surface area contributed by atoms with E-state index in [0.29, 0.717) is 15.2 Å².